The van der Waals surface area contributed by atoms with Gasteiger partial charge in [-0.05, 0) is 43.2 Å². The standard InChI is InChI=1S/C27H40N4O3/c1-19(2)14-29-26(32)20-13-21(16-28-15-20)27(33)31(23-9-10-23)18-22-17-30(11-6-12-34-3)25-8-5-4-7-24(22)25/h4-5,7-8,17,19-21,23,28H,6,9-16,18H2,1-3H3,(H,29,32)/t20-,21+/m0/s1. The Bertz CT molecular complexity index is 981. The molecule has 2 amide bonds. The predicted molar refractivity (Wildman–Crippen MR) is 134 cm³/mol. The lowest BCUT2D eigenvalue weighted by molar-refractivity contribution is -0.138. The van der Waals surface area contributed by atoms with Gasteiger partial charge in [-0.1, -0.05) is 32.0 Å². The van der Waals surface area contributed by atoms with Gasteiger partial charge in [0.2, 0.25) is 11.8 Å². The summed E-state index contributed by atoms with van der Waals surface area (Å²) >= 11 is 0. The fourth-order valence-corrected chi connectivity index (χ4v) is 4.98. The fourth-order valence-electron chi connectivity index (χ4n) is 4.98. The summed E-state index contributed by atoms with van der Waals surface area (Å²) in [6, 6.07) is 8.77. The Morgan fingerprint density at radius 3 is 2.71 bits per heavy atom. The Morgan fingerprint density at radius 2 is 1.97 bits per heavy atom. The quantitative estimate of drug-likeness (QED) is 0.497. The van der Waals surface area contributed by atoms with Crippen LogP contribution >= 0.6 is 0 Å². The molecule has 0 radical (unpaired) electrons. The normalized spacial score (nSPS) is 20.6. The van der Waals surface area contributed by atoms with E-state index >= 15 is 0 Å². The summed E-state index contributed by atoms with van der Waals surface area (Å²) in [6.07, 6.45) is 5.92. The minimum atomic E-state index is -0.154. The maximum atomic E-state index is 13.7. The number of aromatic nitrogens is 1. The molecular formula is C27H40N4O3. The van der Waals surface area contributed by atoms with Crippen LogP contribution in [0.3, 0.4) is 0 Å². The minimum absolute atomic E-state index is 0.0656. The Balaban J connectivity index is 1.47. The molecule has 1 saturated heterocycles. The Kier molecular flexibility index (Phi) is 8.27. The molecule has 0 bridgehead atoms. The lowest BCUT2D eigenvalue weighted by atomic mass is 9.88. The van der Waals surface area contributed by atoms with Gasteiger partial charge in [-0.15, -0.1) is 0 Å². The molecule has 2 N–H and O–H groups in total. The van der Waals surface area contributed by atoms with E-state index in [0.29, 0.717) is 44.6 Å². The molecule has 1 aromatic carbocycles. The monoisotopic (exact) mass is 468 g/mol. The lowest BCUT2D eigenvalue weighted by Crippen LogP contribution is -2.49. The number of methoxy groups -OCH3 is 1. The molecule has 2 heterocycles. The molecule has 0 spiro atoms. The van der Waals surface area contributed by atoms with Crippen molar-refractivity contribution in [3.63, 3.8) is 0 Å². The average molecular weight is 469 g/mol. The van der Waals surface area contributed by atoms with Gasteiger partial charge in [0, 0.05) is 69.6 Å². The van der Waals surface area contributed by atoms with Crippen LogP contribution in [-0.2, 0) is 27.4 Å². The summed E-state index contributed by atoms with van der Waals surface area (Å²) in [4.78, 5) is 28.4. The van der Waals surface area contributed by atoms with E-state index in [0.717, 1.165) is 32.4 Å². The van der Waals surface area contributed by atoms with Crippen LogP contribution in [0.5, 0.6) is 0 Å². The lowest BCUT2D eigenvalue weighted by Gasteiger charge is -2.33. The van der Waals surface area contributed by atoms with Gasteiger partial charge in [-0.2, -0.15) is 0 Å². The van der Waals surface area contributed by atoms with Crippen molar-refractivity contribution >= 4 is 22.7 Å². The molecule has 1 aliphatic carbocycles. The number of fused-ring (bicyclic) bond motifs is 1. The molecule has 34 heavy (non-hydrogen) atoms. The number of carbonyl (C=O) groups excluding carboxylic acids is 2. The van der Waals surface area contributed by atoms with Gasteiger partial charge in [0.05, 0.1) is 11.8 Å². The Hall–Kier alpha value is -2.38. The van der Waals surface area contributed by atoms with Crippen LogP contribution in [0.1, 0.15) is 45.1 Å². The molecule has 1 aliphatic heterocycles. The first-order valence-electron chi connectivity index (χ1n) is 12.8. The number of benzene rings is 1. The summed E-state index contributed by atoms with van der Waals surface area (Å²) in [6.45, 7) is 8.40. The first-order chi connectivity index (χ1) is 16.5. The molecule has 0 unspecified atom stereocenters. The highest BCUT2D eigenvalue weighted by Crippen LogP contribution is 2.33. The third-order valence-electron chi connectivity index (χ3n) is 6.99. The molecule has 2 atom stereocenters. The first-order valence-corrected chi connectivity index (χ1v) is 12.8. The Morgan fingerprint density at radius 1 is 1.21 bits per heavy atom. The van der Waals surface area contributed by atoms with Crippen molar-refractivity contribution in [2.75, 3.05) is 33.4 Å². The van der Waals surface area contributed by atoms with Crippen molar-refractivity contribution < 1.29 is 14.3 Å². The molecule has 186 valence electrons. The van der Waals surface area contributed by atoms with Gasteiger partial charge in [0.25, 0.3) is 0 Å². The Labute approximate surface area is 203 Å². The number of ether oxygens (including phenoxy) is 1. The summed E-state index contributed by atoms with van der Waals surface area (Å²) < 4.78 is 7.53. The van der Waals surface area contributed by atoms with E-state index in [4.69, 9.17) is 4.74 Å². The molecule has 2 aromatic rings. The third-order valence-corrected chi connectivity index (χ3v) is 6.99. The largest absolute Gasteiger partial charge is 0.385 e. The third kappa shape index (κ3) is 5.99. The second-order valence-corrected chi connectivity index (χ2v) is 10.3. The molecule has 4 rings (SSSR count). The van der Waals surface area contributed by atoms with Gasteiger partial charge >= 0.3 is 0 Å². The number of aryl methyl sites for hydroxylation is 1. The minimum Gasteiger partial charge on any atom is -0.385 e. The molecule has 2 fully saturated rings. The van der Waals surface area contributed by atoms with E-state index in [1.807, 2.05) is 0 Å². The van der Waals surface area contributed by atoms with Crippen molar-refractivity contribution in [2.24, 2.45) is 17.8 Å². The number of carbonyl (C=O) groups is 2. The predicted octanol–water partition coefficient (Wildman–Crippen LogP) is 3.17. The fraction of sp³-hybridized carbons (Fsp3) is 0.630. The number of para-hydroxylation sites is 1. The van der Waals surface area contributed by atoms with Crippen molar-refractivity contribution in [1.29, 1.82) is 0 Å². The van der Waals surface area contributed by atoms with E-state index in [9.17, 15) is 9.59 Å². The highest BCUT2D eigenvalue weighted by molar-refractivity contribution is 5.86. The number of hydrogen-bond acceptors (Lipinski definition) is 4. The van der Waals surface area contributed by atoms with E-state index in [1.165, 1.54) is 16.5 Å². The molecule has 7 heteroatoms. The number of amides is 2. The van der Waals surface area contributed by atoms with Crippen LogP contribution in [0.15, 0.2) is 30.5 Å². The molecule has 2 aliphatic rings. The van der Waals surface area contributed by atoms with Crippen LogP contribution in [0.25, 0.3) is 10.9 Å². The number of nitrogens with one attached hydrogen (secondary N) is 2. The number of nitrogens with zero attached hydrogens (tertiary/aromatic N) is 2. The van der Waals surface area contributed by atoms with Crippen molar-refractivity contribution in [3.8, 4) is 0 Å². The highest BCUT2D eigenvalue weighted by atomic mass is 16.5. The summed E-state index contributed by atoms with van der Waals surface area (Å²) in [5.41, 5.74) is 2.40. The number of rotatable bonds is 11. The van der Waals surface area contributed by atoms with Crippen LogP contribution in [0.2, 0.25) is 0 Å². The zero-order chi connectivity index (χ0) is 24.1. The maximum absolute atomic E-state index is 13.7. The topological polar surface area (TPSA) is 75.6 Å². The van der Waals surface area contributed by atoms with Crippen molar-refractivity contribution in [1.82, 2.24) is 20.1 Å². The second kappa shape index (κ2) is 11.4. The van der Waals surface area contributed by atoms with Gasteiger partial charge in [0.15, 0.2) is 0 Å². The smallest absolute Gasteiger partial charge is 0.227 e. The highest BCUT2D eigenvalue weighted by Gasteiger charge is 2.39. The maximum Gasteiger partial charge on any atom is 0.227 e. The number of piperidine rings is 1. The van der Waals surface area contributed by atoms with Crippen LogP contribution < -0.4 is 10.6 Å². The molecular weight excluding hydrogens is 428 g/mol. The van der Waals surface area contributed by atoms with E-state index < -0.39 is 0 Å². The van der Waals surface area contributed by atoms with E-state index in [-0.39, 0.29) is 23.7 Å². The van der Waals surface area contributed by atoms with Crippen LogP contribution in [0.4, 0.5) is 0 Å². The van der Waals surface area contributed by atoms with Crippen LogP contribution in [0, 0.1) is 17.8 Å². The number of hydrogen-bond donors (Lipinski definition) is 2. The van der Waals surface area contributed by atoms with E-state index in [2.05, 4.69) is 64.4 Å². The average Bonchev–Trinajstić information content (AvgIpc) is 3.63. The first kappa shape index (κ1) is 24.7. The SMILES string of the molecule is COCCCn1cc(CN(C(=O)[C@H]2CNC[C@@H](C(=O)NCC(C)C)C2)C2CC2)c2ccccc21. The molecule has 7 nitrogen and oxygen atoms in total. The summed E-state index contributed by atoms with van der Waals surface area (Å²) in [5.74, 6) is 0.368. The van der Waals surface area contributed by atoms with Gasteiger partial charge < -0.3 is 24.8 Å². The zero-order valence-corrected chi connectivity index (χ0v) is 20.9. The van der Waals surface area contributed by atoms with E-state index in [1.54, 1.807) is 7.11 Å². The molecule has 1 aromatic heterocycles. The summed E-state index contributed by atoms with van der Waals surface area (Å²) in [7, 11) is 1.73. The summed E-state index contributed by atoms with van der Waals surface area (Å²) in [5, 5.41) is 7.61. The van der Waals surface area contributed by atoms with Gasteiger partial charge in [0.1, 0.15) is 0 Å². The van der Waals surface area contributed by atoms with Crippen LogP contribution in [-0.4, -0.2) is 60.7 Å². The van der Waals surface area contributed by atoms with Gasteiger partial charge in [-0.3, -0.25) is 9.59 Å². The second-order valence-electron chi connectivity index (χ2n) is 10.3. The van der Waals surface area contributed by atoms with Crippen molar-refractivity contribution in [2.45, 2.75) is 58.7 Å². The van der Waals surface area contributed by atoms with Gasteiger partial charge in [-0.25, -0.2) is 0 Å². The van der Waals surface area contributed by atoms with Crippen molar-refractivity contribution in [3.05, 3.63) is 36.0 Å². The zero-order valence-electron chi connectivity index (χ0n) is 20.9. The molecule has 1 saturated carbocycles.